The number of hydrogen-bond acceptors (Lipinski definition) is 4. The number of halogens is 1. The van der Waals surface area contributed by atoms with Crippen molar-refractivity contribution in [3.8, 4) is 0 Å². The second-order valence-electron chi connectivity index (χ2n) is 7.13. The van der Waals surface area contributed by atoms with Crippen LogP contribution in [0.1, 0.15) is 40.7 Å². The van der Waals surface area contributed by atoms with E-state index in [4.69, 9.17) is 5.21 Å². The average Bonchev–Trinajstić information content (AvgIpc) is 2.99. The molecule has 124 valence electrons. The summed E-state index contributed by atoms with van der Waals surface area (Å²) in [4.78, 5) is 13.9. The van der Waals surface area contributed by atoms with Crippen LogP contribution in [0.5, 0.6) is 0 Å². The topological polar surface area (TPSA) is 64.6 Å². The van der Waals surface area contributed by atoms with Crippen LogP contribution in [0.25, 0.3) is 0 Å². The molecule has 4 rings (SSSR count). The number of fused-ring (bicyclic) bond motifs is 1. The molecular formula is C17H22FN3O2. The summed E-state index contributed by atoms with van der Waals surface area (Å²) in [6.07, 6.45) is 4.47. The van der Waals surface area contributed by atoms with Crippen LogP contribution in [0.3, 0.4) is 0 Å². The molecule has 0 radical (unpaired) electrons. The highest BCUT2D eigenvalue weighted by atomic mass is 19.1. The van der Waals surface area contributed by atoms with Crippen molar-refractivity contribution in [2.24, 2.45) is 5.41 Å². The van der Waals surface area contributed by atoms with Crippen molar-refractivity contribution in [1.29, 1.82) is 0 Å². The first-order valence-corrected chi connectivity index (χ1v) is 8.33. The first-order chi connectivity index (χ1) is 11.1. The maximum atomic E-state index is 14.5. The van der Waals surface area contributed by atoms with Gasteiger partial charge >= 0.3 is 0 Å². The van der Waals surface area contributed by atoms with Gasteiger partial charge in [0.2, 0.25) is 0 Å². The van der Waals surface area contributed by atoms with Crippen LogP contribution >= 0.6 is 0 Å². The van der Waals surface area contributed by atoms with Gasteiger partial charge in [-0.2, -0.15) is 0 Å². The van der Waals surface area contributed by atoms with E-state index < -0.39 is 5.91 Å². The normalized spacial score (nSPS) is 25.9. The minimum Gasteiger partial charge on any atom is -0.315 e. The van der Waals surface area contributed by atoms with Crippen LogP contribution < -0.4 is 10.8 Å². The predicted molar refractivity (Wildman–Crippen MR) is 82.7 cm³/mol. The van der Waals surface area contributed by atoms with Crippen LogP contribution in [-0.4, -0.2) is 41.7 Å². The number of carbonyl (C=O) groups excluding carboxylic acids is 1. The largest absolute Gasteiger partial charge is 0.315 e. The fourth-order valence-corrected chi connectivity index (χ4v) is 4.65. The molecule has 1 aliphatic carbocycles. The van der Waals surface area contributed by atoms with E-state index in [1.807, 2.05) is 0 Å². The van der Waals surface area contributed by atoms with Gasteiger partial charge in [-0.15, -0.1) is 0 Å². The molecule has 1 saturated heterocycles. The first-order valence-electron chi connectivity index (χ1n) is 8.33. The quantitative estimate of drug-likeness (QED) is 0.570. The van der Waals surface area contributed by atoms with E-state index in [-0.39, 0.29) is 11.4 Å². The second-order valence-corrected chi connectivity index (χ2v) is 7.13. The predicted octanol–water partition coefficient (Wildman–Crippen LogP) is 1.44. The fraction of sp³-hybridized carbons (Fsp3) is 0.588. The average molecular weight is 319 g/mol. The Bertz CT molecular complexity index is 645. The maximum Gasteiger partial charge on any atom is 0.274 e. The zero-order valence-electron chi connectivity index (χ0n) is 13.1. The van der Waals surface area contributed by atoms with Crippen molar-refractivity contribution >= 4 is 5.91 Å². The molecule has 1 amide bonds. The molecule has 1 aromatic rings. The molecule has 23 heavy (non-hydrogen) atoms. The minimum absolute atomic E-state index is 0.178. The summed E-state index contributed by atoms with van der Waals surface area (Å²) >= 11 is 0. The molecule has 1 saturated carbocycles. The van der Waals surface area contributed by atoms with E-state index in [9.17, 15) is 9.18 Å². The number of nitrogens with one attached hydrogen (secondary N) is 2. The summed E-state index contributed by atoms with van der Waals surface area (Å²) in [5.74, 6) is -1.01. The van der Waals surface area contributed by atoms with Crippen molar-refractivity contribution in [2.45, 2.75) is 38.3 Å². The van der Waals surface area contributed by atoms with E-state index >= 15 is 0 Å². The number of nitrogens with zero attached hydrogens (tertiary/aromatic N) is 1. The summed E-state index contributed by atoms with van der Waals surface area (Å²) in [7, 11) is 0. The molecule has 2 aliphatic heterocycles. The zero-order chi connectivity index (χ0) is 16.0. The lowest BCUT2D eigenvalue weighted by Gasteiger charge is -2.49. The summed E-state index contributed by atoms with van der Waals surface area (Å²) in [5, 5.41) is 12.1. The lowest BCUT2D eigenvalue weighted by molar-refractivity contribution is 0.0343. The Labute approximate surface area is 134 Å². The van der Waals surface area contributed by atoms with Gasteiger partial charge in [0.1, 0.15) is 5.82 Å². The third-order valence-corrected chi connectivity index (χ3v) is 5.94. The van der Waals surface area contributed by atoms with Gasteiger partial charge in [0.05, 0.1) is 0 Å². The van der Waals surface area contributed by atoms with E-state index in [2.05, 4.69) is 10.2 Å². The zero-order valence-corrected chi connectivity index (χ0v) is 13.1. The summed E-state index contributed by atoms with van der Waals surface area (Å²) < 4.78 is 14.5. The van der Waals surface area contributed by atoms with Crippen molar-refractivity contribution in [1.82, 2.24) is 15.7 Å². The number of carbonyl (C=O) groups is 1. The highest BCUT2D eigenvalue weighted by Crippen LogP contribution is 2.45. The van der Waals surface area contributed by atoms with Crippen molar-refractivity contribution in [3.05, 3.63) is 34.6 Å². The monoisotopic (exact) mass is 319 g/mol. The standard InChI is InChI=1S/C17H22FN3O2/c18-14-7-12(16(22)20-23)6-11-3-5-21(8-13(11)14)15-2-1-4-17(15)9-19-10-17/h6-7,15,19,23H,1-5,8-10H2,(H,20,22)/t15-/m0/s1. The van der Waals surface area contributed by atoms with Crippen molar-refractivity contribution in [3.63, 3.8) is 0 Å². The number of hydroxylamine groups is 1. The van der Waals surface area contributed by atoms with Crippen molar-refractivity contribution in [2.75, 3.05) is 19.6 Å². The third-order valence-electron chi connectivity index (χ3n) is 5.94. The molecule has 1 aromatic carbocycles. The molecule has 0 unspecified atom stereocenters. The van der Waals surface area contributed by atoms with Gasteiger partial charge in [-0.25, -0.2) is 9.87 Å². The summed E-state index contributed by atoms with van der Waals surface area (Å²) in [6, 6.07) is 3.47. The first kappa shape index (κ1) is 15.1. The maximum absolute atomic E-state index is 14.5. The third kappa shape index (κ3) is 2.36. The van der Waals surface area contributed by atoms with Gasteiger partial charge in [-0.3, -0.25) is 14.9 Å². The smallest absolute Gasteiger partial charge is 0.274 e. The van der Waals surface area contributed by atoms with E-state index in [1.165, 1.54) is 25.3 Å². The number of hydrogen-bond donors (Lipinski definition) is 3. The van der Waals surface area contributed by atoms with Crippen molar-refractivity contribution < 1.29 is 14.4 Å². The number of amides is 1. The molecule has 2 fully saturated rings. The van der Waals surface area contributed by atoms with E-state index in [0.29, 0.717) is 23.6 Å². The van der Waals surface area contributed by atoms with Gasteiger partial charge in [0.25, 0.3) is 5.91 Å². The Balaban J connectivity index is 1.59. The molecule has 3 N–H and O–H groups in total. The van der Waals surface area contributed by atoms with Gasteiger partial charge < -0.3 is 5.32 Å². The van der Waals surface area contributed by atoms with Crippen LogP contribution in [-0.2, 0) is 13.0 Å². The molecule has 6 heteroatoms. The lowest BCUT2D eigenvalue weighted by atomic mass is 9.75. The molecule has 1 spiro atoms. The minimum atomic E-state index is -0.663. The summed E-state index contributed by atoms with van der Waals surface area (Å²) in [5.41, 5.74) is 3.74. The summed E-state index contributed by atoms with van der Waals surface area (Å²) in [6.45, 7) is 3.69. The Morgan fingerprint density at radius 1 is 1.43 bits per heavy atom. The molecule has 2 heterocycles. The fourth-order valence-electron chi connectivity index (χ4n) is 4.65. The van der Waals surface area contributed by atoms with E-state index in [1.54, 1.807) is 11.5 Å². The molecule has 0 aromatic heterocycles. The highest BCUT2D eigenvalue weighted by Gasteiger charge is 2.49. The molecule has 1 atom stereocenters. The van der Waals surface area contributed by atoms with Crippen LogP contribution in [0.2, 0.25) is 0 Å². The molecule has 0 bridgehead atoms. The molecule has 3 aliphatic rings. The van der Waals surface area contributed by atoms with Gasteiger partial charge in [0.15, 0.2) is 0 Å². The number of benzene rings is 1. The Morgan fingerprint density at radius 2 is 2.26 bits per heavy atom. The highest BCUT2D eigenvalue weighted by molar-refractivity contribution is 5.93. The SMILES string of the molecule is O=C(NO)c1cc(F)c2c(c1)CCN([C@H]1CCCC13CNC3)C2. The Morgan fingerprint density at radius 3 is 2.96 bits per heavy atom. The van der Waals surface area contributed by atoms with Crippen LogP contribution in [0.15, 0.2) is 12.1 Å². The van der Waals surface area contributed by atoms with Gasteiger partial charge in [-0.05, 0) is 37.0 Å². The van der Waals surface area contributed by atoms with Gasteiger partial charge in [-0.1, -0.05) is 6.42 Å². The number of rotatable bonds is 2. The van der Waals surface area contributed by atoms with Crippen LogP contribution in [0.4, 0.5) is 4.39 Å². The van der Waals surface area contributed by atoms with E-state index in [0.717, 1.165) is 31.6 Å². The lowest BCUT2D eigenvalue weighted by Crippen LogP contribution is -2.62. The van der Waals surface area contributed by atoms with Crippen LogP contribution in [0, 0.1) is 11.2 Å². The Kier molecular flexibility index (Phi) is 3.63. The molecule has 5 nitrogen and oxygen atoms in total. The van der Waals surface area contributed by atoms with Gasteiger partial charge in [0, 0.05) is 48.8 Å². The second kappa shape index (κ2) is 5.54. The Hall–Kier alpha value is -1.50. The molecular weight excluding hydrogens is 297 g/mol.